The highest BCUT2D eigenvalue weighted by molar-refractivity contribution is 5.76. The Balaban J connectivity index is 2.71. The molecule has 1 heterocycles. The normalized spacial score (nSPS) is 9.88. The van der Waals surface area contributed by atoms with E-state index in [4.69, 9.17) is 11.0 Å². The van der Waals surface area contributed by atoms with Crippen LogP contribution in [0.4, 0.5) is 5.82 Å². The van der Waals surface area contributed by atoms with Gasteiger partial charge in [0.05, 0.1) is 0 Å². The number of hydrogen-bond donors (Lipinski definition) is 2. The van der Waals surface area contributed by atoms with Gasteiger partial charge >= 0.3 is 0 Å². The molecular weight excluding hydrogens is 214 g/mol. The van der Waals surface area contributed by atoms with Crippen LogP contribution in [0.1, 0.15) is 11.3 Å². The lowest BCUT2D eigenvalue weighted by molar-refractivity contribution is 0.475. The minimum absolute atomic E-state index is 0.152. The van der Waals surface area contributed by atoms with Crippen molar-refractivity contribution in [3.63, 3.8) is 0 Å². The van der Waals surface area contributed by atoms with Gasteiger partial charge in [-0.3, -0.25) is 0 Å². The standard InChI is InChI=1S/C13H11N3O/c1-8-5-11(12(7-14)13(15)16-8)9-3-2-4-10(17)6-9/h2-6,17H,1H3,(H2,15,16). The molecule has 0 spiro atoms. The van der Waals surface area contributed by atoms with Crippen molar-refractivity contribution in [3.05, 3.63) is 41.6 Å². The zero-order chi connectivity index (χ0) is 12.4. The molecule has 0 fully saturated rings. The summed E-state index contributed by atoms with van der Waals surface area (Å²) in [5.74, 6) is 0.366. The maximum atomic E-state index is 9.45. The van der Waals surface area contributed by atoms with E-state index in [0.29, 0.717) is 11.1 Å². The molecule has 0 atom stereocenters. The SMILES string of the molecule is Cc1cc(-c2cccc(O)c2)c(C#N)c(N)n1. The molecule has 0 saturated carbocycles. The molecule has 2 rings (SSSR count). The largest absolute Gasteiger partial charge is 0.508 e. The van der Waals surface area contributed by atoms with Crippen LogP contribution in [0.2, 0.25) is 0 Å². The van der Waals surface area contributed by atoms with Gasteiger partial charge in [-0.15, -0.1) is 0 Å². The average molecular weight is 225 g/mol. The van der Waals surface area contributed by atoms with Crippen molar-refractivity contribution < 1.29 is 5.11 Å². The molecule has 0 aliphatic heterocycles. The highest BCUT2D eigenvalue weighted by atomic mass is 16.3. The summed E-state index contributed by atoms with van der Waals surface area (Å²) in [6.07, 6.45) is 0. The summed E-state index contributed by atoms with van der Waals surface area (Å²) in [5.41, 5.74) is 8.22. The first-order valence-corrected chi connectivity index (χ1v) is 5.08. The van der Waals surface area contributed by atoms with Crippen molar-refractivity contribution in [2.45, 2.75) is 6.92 Å². The van der Waals surface area contributed by atoms with Crippen LogP contribution >= 0.6 is 0 Å². The summed E-state index contributed by atoms with van der Waals surface area (Å²) in [4.78, 5) is 4.05. The van der Waals surface area contributed by atoms with Gasteiger partial charge in [0.15, 0.2) is 0 Å². The number of benzene rings is 1. The number of nitrogens with two attached hydrogens (primary N) is 1. The monoisotopic (exact) mass is 225 g/mol. The zero-order valence-corrected chi connectivity index (χ0v) is 9.31. The molecule has 4 nitrogen and oxygen atoms in total. The first-order chi connectivity index (χ1) is 8.11. The molecule has 0 aliphatic carbocycles. The van der Waals surface area contributed by atoms with Crippen molar-refractivity contribution in [2.24, 2.45) is 0 Å². The van der Waals surface area contributed by atoms with Crippen LogP contribution in [0.3, 0.4) is 0 Å². The number of nitrogen functional groups attached to an aromatic ring is 1. The number of hydrogen-bond acceptors (Lipinski definition) is 4. The average Bonchev–Trinajstić information content (AvgIpc) is 2.28. The highest BCUT2D eigenvalue weighted by Crippen LogP contribution is 2.29. The van der Waals surface area contributed by atoms with Gasteiger partial charge in [0.1, 0.15) is 23.2 Å². The quantitative estimate of drug-likeness (QED) is 0.779. The molecule has 0 amide bonds. The number of phenolic OH excluding ortho intramolecular Hbond substituents is 1. The lowest BCUT2D eigenvalue weighted by Crippen LogP contribution is -1.99. The van der Waals surface area contributed by atoms with E-state index in [2.05, 4.69) is 4.98 Å². The lowest BCUT2D eigenvalue weighted by Gasteiger charge is -2.08. The molecule has 84 valence electrons. The first-order valence-electron chi connectivity index (χ1n) is 5.08. The minimum Gasteiger partial charge on any atom is -0.508 e. The van der Waals surface area contributed by atoms with E-state index in [1.165, 1.54) is 0 Å². The summed E-state index contributed by atoms with van der Waals surface area (Å²) >= 11 is 0. The Morgan fingerprint density at radius 3 is 2.76 bits per heavy atom. The van der Waals surface area contributed by atoms with Gasteiger partial charge in [0, 0.05) is 11.3 Å². The van der Waals surface area contributed by atoms with Gasteiger partial charge in [0.25, 0.3) is 0 Å². The molecule has 0 saturated heterocycles. The fourth-order valence-electron chi connectivity index (χ4n) is 1.72. The predicted molar refractivity (Wildman–Crippen MR) is 65.2 cm³/mol. The molecule has 0 bridgehead atoms. The Kier molecular flexibility index (Phi) is 2.67. The van der Waals surface area contributed by atoms with E-state index >= 15 is 0 Å². The predicted octanol–water partition coefficient (Wildman–Crippen LogP) is 2.22. The van der Waals surface area contributed by atoms with Crippen molar-refractivity contribution in [2.75, 3.05) is 5.73 Å². The maximum Gasteiger partial charge on any atom is 0.142 e. The fourth-order valence-corrected chi connectivity index (χ4v) is 1.72. The smallest absolute Gasteiger partial charge is 0.142 e. The molecule has 2 aromatic rings. The molecule has 3 N–H and O–H groups in total. The van der Waals surface area contributed by atoms with Crippen LogP contribution in [0, 0.1) is 18.3 Å². The van der Waals surface area contributed by atoms with Crippen LogP contribution in [0.15, 0.2) is 30.3 Å². The third kappa shape index (κ3) is 2.04. The second kappa shape index (κ2) is 4.14. The summed E-state index contributed by atoms with van der Waals surface area (Å²) < 4.78 is 0. The van der Waals surface area contributed by atoms with E-state index < -0.39 is 0 Å². The number of phenols is 1. The third-order valence-electron chi connectivity index (χ3n) is 2.44. The van der Waals surface area contributed by atoms with E-state index in [-0.39, 0.29) is 11.6 Å². The van der Waals surface area contributed by atoms with Gasteiger partial charge in [-0.05, 0) is 30.7 Å². The summed E-state index contributed by atoms with van der Waals surface area (Å²) in [6, 6.07) is 10.5. The molecule has 17 heavy (non-hydrogen) atoms. The molecular formula is C13H11N3O. The first kappa shape index (κ1) is 11.0. The summed E-state index contributed by atoms with van der Waals surface area (Å²) in [5, 5.41) is 18.5. The third-order valence-corrected chi connectivity index (χ3v) is 2.44. The molecule has 1 aromatic carbocycles. The number of pyridine rings is 1. The second-order valence-corrected chi connectivity index (χ2v) is 3.73. The minimum atomic E-state index is 0.152. The van der Waals surface area contributed by atoms with Crippen LogP contribution < -0.4 is 5.73 Å². The number of aromatic nitrogens is 1. The van der Waals surface area contributed by atoms with Crippen molar-refractivity contribution in [1.82, 2.24) is 4.98 Å². The van der Waals surface area contributed by atoms with Crippen molar-refractivity contribution in [1.29, 1.82) is 5.26 Å². The number of rotatable bonds is 1. The Morgan fingerprint density at radius 2 is 2.12 bits per heavy atom. The number of aromatic hydroxyl groups is 1. The van der Waals surface area contributed by atoms with Crippen LogP contribution in [0.5, 0.6) is 5.75 Å². The van der Waals surface area contributed by atoms with Gasteiger partial charge < -0.3 is 10.8 Å². The van der Waals surface area contributed by atoms with Gasteiger partial charge in [-0.25, -0.2) is 4.98 Å². The molecule has 0 radical (unpaired) electrons. The Morgan fingerprint density at radius 1 is 1.35 bits per heavy atom. The Hall–Kier alpha value is -2.54. The zero-order valence-electron chi connectivity index (χ0n) is 9.31. The van der Waals surface area contributed by atoms with Crippen molar-refractivity contribution in [3.8, 4) is 22.9 Å². The van der Waals surface area contributed by atoms with E-state index in [9.17, 15) is 5.11 Å². The molecule has 0 aliphatic rings. The van der Waals surface area contributed by atoms with E-state index in [0.717, 1.165) is 11.3 Å². The van der Waals surface area contributed by atoms with Crippen LogP contribution in [-0.2, 0) is 0 Å². The molecule has 0 unspecified atom stereocenters. The Labute approximate surface area is 99.0 Å². The number of nitriles is 1. The summed E-state index contributed by atoms with van der Waals surface area (Å²) in [6.45, 7) is 1.81. The topological polar surface area (TPSA) is 82.9 Å². The highest BCUT2D eigenvalue weighted by Gasteiger charge is 2.10. The van der Waals surface area contributed by atoms with Gasteiger partial charge in [-0.1, -0.05) is 12.1 Å². The second-order valence-electron chi connectivity index (χ2n) is 3.73. The fraction of sp³-hybridized carbons (Fsp3) is 0.0769. The number of anilines is 1. The molecule has 4 heteroatoms. The molecule has 1 aromatic heterocycles. The Bertz CT molecular complexity index is 615. The van der Waals surface area contributed by atoms with E-state index in [1.54, 1.807) is 24.3 Å². The number of nitrogens with zero attached hydrogens (tertiary/aromatic N) is 2. The van der Waals surface area contributed by atoms with Crippen molar-refractivity contribution >= 4 is 5.82 Å². The van der Waals surface area contributed by atoms with Gasteiger partial charge in [0.2, 0.25) is 0 Å². The maximum absolute atomic E-state index is 9.45. The van der Waals surface area contributed by atoms with Crippen LogP contribution in [-0.4, -0.2) is 10.1 Å². The van der Waals surface area contributed by atoms with Gasteiger partial charge in [-0.2, -0.15) is 5.26 Å². The number of aryl methyl sites for hydroxylation is 1. The lowest BCUT2D eigenvalue weighted by atomic mass is 10.0. The van der Waals surface area contributed by atoms with E-state index in [1.807, 2.05) is 19.1 Å². The van der Waals surface area contributed by atoms with Crippen LogP contribution in [0.25, 0.3) is 11.1 Å². The summed E-state index contributed by atoms with van der Waals surface area (Å²) in [7, 11) is 0.